The van der Waals surface area contributed by atoms with Crippen molar-refractivity contribution in [1.82, 2.24) is 10.1 Å². The predicted octanol–water partition coefficient (Wildman–Crippen LogP) is 2.44. The fourth-order valence-electron chi connectivity index (χ4n) is 2.89. The lowest BCUT2D eigenvalue weighted by Gasteiger charge is -2.24. The molecular weight excluding hydrogens is 330 g/mol. The standard InChI is InChI=1S/C17H18ClN3O3/c1-11-9-12(19-24-11)10-16(22)20(2)15-7-8-21(17(15)23)14-6-4-3-5-13(14)18/h3-6,9,15H,7-8,10H2,1-2H3/t15-/m1/s1. The second-order valence-electron chi connectivity index (χ2n) is 5.86. The summed E-state index contributed by atoms with van der Waals surface area (Å²) in [6.45, 7) is 2.31. The van der Waals surface area contributed by atoms with E-state index in [1.807, 2.05) is 18.2 Å². The molecule has 126 valence electrons. The number of nitrogens with zero attached hydrogens (tertiary/aromatic N) is 3. The largest absolute Gasteiger partial charge is 0.361 e. The van der Waals surface area contributed by atoms with Gasteiger partial charge in [-0.2, -0.15) is 0 Å². The molecule has 7 heteroatoms. The van der Waals surface area contributed by atoms with Crippen molar-refractivity contribution in [3.8, 4) is 0 Å². The Balaban J connectivity index is 1.70. The van der Waals surface area contributed by atoms with Gasteiger partial charge < -0.3 is 14.3 Å². The molecule has 2 aromatic rings. The summed E-state index contributed by atoms with van der Waals surface area (Å²) in [6.07, 6.45) is 0.688. The van der Waals surface area contributed by atoms with E-state index >= 15 is 0 Å². The van der Waals surface area contributed by atoms with Crippen LogP contribution in [0.2, 0.25) is 5.02 Å². The van der Waals surface area contributed by atoms with Crippen LogP contribution in [0.25, 0.3) is 0 Å². The second kappa shape index (κ2) is 6.65. The molecule has 0 N–H and O–H groups in total. The van der Waals surface area contributed by atoms with E-state index < -0.39 is 6.04 Å². The van der Waals surface area contributed by atoms with Gasteiger partial charge in [-0.25, -0.2) is 0 Å². The highest BCUT2D eigenvalue weighted by atomic mass is 35.5. The molecule has 0 radical (unpaired) electrons. The van der Waals surface area contributed by atoms with Crippen LogP contribution in [0, 0.1) is 6.92 Å². The van der Waals surface area contributed by atoms with Crippen LogP contribution >= 0.6 is 11.6 Å². The predicted molar refractivity (Wildman–Crippen MR) is 89.9 cm³/mol. The Morgan fingerprint density at radius 1 is 1.46 bits per heavy atom. The van der Waals surface area contributed by atoms with Crippen LogP contribution in [0.4, 0.5) is 5.69 Å². The molecule has 1 fully saturated rings. The van der Waals surface area contributed by atoms with E-state index in [1.54, 1.807) is 31.0 Å². The summed E-state index contributed by atoms with van der Waals surface area (Å²) in [7, 11) is 1.65. The summed E-state index contributed by atoms with van der Waals surface area (Å²) >= 11 is 6.18. The number of carbonyl (C=O) groups is 2. The number of aryl methyl sites for hydroxylation is 1. The highest BCUT2D eigenvalue weighted by Crippen LogP contribution is 2.30. The summed E-state index contributed by atoms with van der Waals surface area (Å²) in [4.78, 5) is 28.2. The summed E-state index contributed by atoms with van der Waals surface area (Å²) in [5, 5.41) is 4.35. The summed E-state index contributed by atoms with van der Waals surface area (Å²) in [5.41, 5.74) is 1.25. The summed E-state index contributed by atoms with van der Waals surface area (Å²) in [5.74, 6) is 0.375. The molecule has 0 unspecified atom stereocenters. The van der Waals surface area contributed by atoms with Crippen molar-refractivity contribution in [1.29, 1.82) is 0 Å². The minimum absolute atomic E-state index is 0.115. The number of hydrogen-bond acceptors (Lipinski definition) is 4. The second-order valence-corrected chi connectivity index (χ2v) is 6.26. The maximum absolute atomic E-state index is 12.7. The average molecular weight is 348 g/mol. The van der Waals surface area contributed by atoms with Crippen LogP contribution in [0.15, 0.2) is 34.9 Å². The molecule has 1 atom stereocenters. The van der Waals surface area contributed by atoms with Gasteiger partial charge in [0.25, 0.3) is 0 Å². The number of amides is 2. The van der Waals surface area contributed by atoms with Crippen LogP contribution < -0.4 is 4.90 Å². The maximum Gasteiger partial charge on any atom is 0.249 e. The lowest BCUT2D eigenvalue weighted by atomic mass is 10.2. The lowest BCUT2D eigenvalue weighted by Crippen LogP contribution is -2.43. The number of para-hydroxylation sites is 1. The van der Waals surface area contributed by atoms with Crippen molar-refractivity contribution in [2.24, 2.45) is 0 Å². The molecule has 1 aromatic carbocycles. The number of anilines is 1. The van der Waals surface area contributed by atoms with E-state index in [2.05, 4.69) is 5.16 Å². The first-order chi connectivity index (χ1) is 11.5. The Hall–Kier alpha value is -2.34. The molecule has 0 spiro atoms. The van der Waals surface area contributed by atoms with E-state index in [-0.39, 0.29) is 18.2 Å². The average Bonchev–Trinajstić information content (AvgIpc) is 3.13. The molecule has 0 aliphatic carbocycles. The van der Waals surface area contributed by atoms with E-state index in [0.717, 1.165) is 0 Å². The molecule has 2 amide bonds. The molecule has 1 aliphatic rings. The Morgan fingerprint density at radius 2 is 2.21 bits per heavy atom. The Labute approximate surface area is 145 Å². The monoisotopic (exact) mass is 347 g/mol. The Bertz CT molecular complexity index is 774. The first-order valence-corrected chi connectivity index (χ1v) is 8.09. The van der Waals surface area contributed by atoms with E-state index in [9.17, 15) is 9.59 Å². The zero-order valence-corrected chi connectivity index (χ0v) is 14.3. The van der Waals surface area contributed by atoms with Crippen molar-refractivity contribution in [2.75, 3.05) is 18.5 Å². The number of benzene rings is 1. The van der Waals surface area contributed by atoms with Gasteiger partial charge in [-0.15, -0.1) is 0 Å². The van der Waals surface area contributed by atoms with Gasteiger partial charge in [0.1, 0.15) is 11.8 Å². The van der Waals surface area contributed by atoms with Gasteiger partial charge in [0.05, 0.1) is 22.8 Å². The topological polar surface area (TPSA) is 66.7 Å². The van der Waals surface area contributed by atoms with Gasteiger partial charge >= 0.3 is 0 Å². The van der Waals surface area contributed by atoms with Crippen molar-refractivity contribution in [3.63, 3.8) is 0 Å². The minimum atomic E-state index is -0.484. The van der Waals surface area contributed by atoms with E-state index in [0.29, 0.717) is 35.1 Å². The van der Waals surface area contributed by atoms with Gasteiger partial charge in [0.2, 0.25) is 11.8 Å². The number of carbonyl (C=O) groups excluding carboxylic acids is 2. The number of aromatic nitrogens is 1. The van der Waals surface area contributed by atoms with Crippen molar-refractivity contribution >= 4 is 29.1 Å². The maximum atomic E-state index is 12.7. The van der Waals surface area contributed by atoms with Crippen LogP contribution in [-0.2, 0) is 16.0 Å². The molecule has 24 heavy (non-hydrogen) atoms. The Kier molecular flexibility index (Phi) is 4.57. The third-order valence-corrected chi connectivity index (χ3v) is 4.51. The minimum Gasteiger partial charge on any atom is -0.361 e. The van der Waals surface area contributed by atoms with Gasteiger partial charge in [-0.3, -0.25) is 9.59 Å². The molecule has 0 saturated carbocycles. The summed E-state index contributed by atoms with van der Waals surface area (Å²) < 4.78 is 4.97. The van der Waals surface area contributed by atoms with Crippen LogP contribution in [-0.4, -0.2) is 41.5 Å². The van der Waals surface area contributed by atoms with Gasteiger partial charge in [0.15, 0.2) is 0 Å². The van der Waals surface area contributed by atoms with Crippen molar-refractivity contribution in [2.45, 2.75) is 25.8 Å². The lowest BCUT2D eigenvalue weighted by molar-refractivity contribution is -0.136. The van der Waals surface area contributed by atoms with Gasteiger partial charge in [-0.05, 0) is 25.5 Å². The molecule has 1 aliphatic heterocycles. The Morgan fingerprint density at radius 3 is 2.88 bits per heavy atom. The first kappa shape index (κ1) is 16.5. The van der Waals surface area contributed by atoms with Gasteiger partial charge in [0, 0.05) is 19.7 Å². The van der Waals surface area contributed by atoms with E-state index in [4.69, 9.17) is 16.1 Å². The number of hydrogen-bond donors (Lipinski definition) is 0. The normalized spacial score (nSPS) is 17.4. The van der Waals surface area contributed by atoms with Crippen LogP contribution in [0.1, 0.15) is 17.9 Å². The zero-order valence-electron chi connectivity index (χ0n) is 13.5. The van der Waals surface area contributed by atoms with Crippen molar-refractivity contribution < 1.29 is 14.1 Å². The number of halogens is 1. The van der Waals surface area contributed by atoms with Crippen molar-refractivity contribution in [3.05, 3.63) is 46.8 Å². The first-order valence-electron chi connectivity index (χ1n) is 7.71. The molecule has 3 rings (SSSR count). The zero-order chi connectivity index (χ0) is 17.3. The molecule has 0 bridgehead atoms. The molecule has 2 heterocycles. The third kappa shape index (κ3) is 3.14. The molecule has 1 saturated heterocycles. The summed E-state index contributed by atoms with van der Waals surface area (Å²) in [6, 6.07) is 8.45. The quantitative estimate of drug-likeness (QED) is 0.852. The molecule has 1 aromatic heterocycles. The third-order valence-electron chi connectivity index (χ3n) is 4.19. The fourth-order valence-corrected chi connectivity index (χ4v) is 3.13. The van der Waals surface area contributed by atoms with Crippen LogP contribution in [0.5, 0.6) is 0 Å². The smallest absolute Gasteiger partial charge is 0.249 e. The highest BCUT2D eigenvalue weighted by molar-refractivity contribution is 6.34. The SMILES string of the molecule is Cc1cc(CC(=O)N(C)[C@@H]2CCN(c3ccccc3Cl)C2=O)no1. The van der Waals surface area contributed by atoms with Crippen LogP contribution in [0.3, 0.4) is 0 Å². The molecule has 6 nitrogen and oxygen atoms in total. The number of likely N-dealkylation sites (N-methyl/N-ethyl adjacent to an activating group) is 1. The van der Waals surface area contributed by atoms with E-state index in [1.165, 1.54) is 4.90 Å². The number of rotatable bonds is 4. The highest BCUT2D eigenvalue weighted by Gasteiger charge is 2.37. The molecular formula is C17H18ClN3O3. The van der Waals surface area contributed by atoms with Gasteiger partial charge in [-0.1, -0.05) is 28.9 Å². The fraction of sp³-hybridized carbons (Fsp3) is 0.353.